The summed E-state index contributed by atoms with van der Waals surface area (Å²) in [6, 6.07) is 9.79. The smallest absolute Gasteiger partial charge is 0.242 e. The summed E-state index contributed by atoms with van der Waals surface area (Å²) in [6.07, 6.45) is 0. The van der Waals surface area contributed by atoms with Crippen LogP contribution in [0, 0.1) is 11.3 Å². The number of carbonyl (C=O) groups excluding carboxylic acids is 1. The molecule has 2 fully saturated rings. The standard InChI is InChI=1S/C14H16N4O/c15-7-11-1-3-12(4-2-11)17-9-13-8-16-5-6-18(13)14(19)10-17/h1-4,13,16H,5-6,8-10H2. The Morgan fingerprint density at radius 2 is 2.11 bits per heavy atom. The maximum atomic E-state index is 12.1. The van der Waals surface area contributed by atoms with Gasteiger partial charge in [-0.25, -0.2) is 0 Å². The average molecular weight is 256 g/mol. The summed E-state index contributed by atoms with van der Waals surface area (Å²) in [5.74, 6) is 0.196. The lowest BCUT2D eigenvalue weighted by Gasteiger charge is -2.44. The van der Waals surface area contributed by atoms with E-state index in [9.17, 15) is 4.79 Å². The summed E-state index contributed by atoms with van der Waals surface area (Å²) in [5, 5.41) is 12.1. The second-order valence-corrected chi connectivity index (χ2v) is 4.98. The van der Waals surface area contributed by atoms with E-state index in [1.807, 2.05) is 17.0 Å². The third-order valence-corrected chi connectivity index (χ3v) is 3.79. The Bertz CT molecular complexity index is 519. The Labute approximate surface area is 112 Å². The van der Waals surface area contributed by atoms with Crippen LogP contribution < -0.4 is 10.2 Å². The molecule has 5 nitrogen and oxygen atoms in total. The second-order valence-electron chi connectivity index (χ2n) is 4.98. The number of benzene rings is 1. The topological polar surface area (TPSA) is 59.4 Å². The predicted octanol–water partition coefficient (Wildman–Crippen LogP) is 0.179. The number of amides is 1. The summed E-state index contributed by atoms with van der Waals surface area (Å²) >= 11 is 0. The third-order valence-electron chi connectivity index (χ3n) is 3.79. The Morgan fingerprint density at radius 3 is 2.84 bits per heavy atom. The first-order valence-electron chi connectivity index (χ1n) is 6.53. The van der Waals surface area contributed by atoms with Crippen molar-refractivity contribution in [3.63, 3.8) is 0 Å². The zero-order valence-corrected chi connectivity index (χ0v) is 10.7. The quantitative estimate of drug-likeness (QED) is 0.778. The van der Waals surface area contributed by atoms with Crippen LogP contribution in [0.2, 0.25) is 0 Å². The Morgan fingerprint density at radius 1 is 1.32 bits per heavy atom. The van der Waals surface area contributed by atoms with Crippen molar-refractivity contribution in [1.82, 2.24) is 10.2 Å². The van der Waals surface area contributed by atoms with E-state index in [0.29, 0.717) is 12.1 Å². The summed E-state index contributed by atoms with van der Waals surface area (Å²) < 4.78 is 0. The highest BCUT2D eigenvalue weighted by molar-refractivity contribution is 5.83. The fraction of sp³-hybridized carbons (Fsp3) is 0.429. The van der Waals surface area contributed by atoms with Crippen LogP contribution in [0.25, 0.3) is 0 Å². The molecule has 1 unspecified atom stereocenters. The molecule has 0 bridgehead atoms. The van der Waals surface area contributed by atoms with Crippen molar-refractivity contribution in [2.75, 3.05) is 37.6 Å². The minimum Gasteiger partial charge on any atom is -0.360 e. The van der Waals surface area contributed by atoms with Gasteiger partial charge in [-0.05, 0) is 24.3 Å². The van der Waals surface area contributed by atoms with Crippen LogP contribution in [0.4, 0.5) is 5.69 Å². The predicted molar refractivity (Wildman–Crippen MR) is 71.7 cm³/mol. The molecule has 2 heterocycles. The van der Waals surface area contributed by atoms with Gasteiger partial charge in [-0.3, -0.25) is 4.79 Å². The number of nitrogens with zero attached hydrogens (tertiary/aromatic N) is 3. The Balaban J connectivity index is 1.78. The van der Waals surface area contributed by atoms with Gasteiger partial charge in [0.2, 0.25) is 5.91 Å². The highest BCUT2D eigenvalue weighted by Crippen LogP contribution is 2.21. The van der Waals surface area contributed by atoms with Crippen LogP contribution in [0.5, 0.6) is 0 Å². The summed E-state index contributed by atoms with van der Waals surface area (Å²) in [6.45, 7) is 3.84. The molecule has 0 radical (unpaired) electrons. The number of piperazine rings is 2. The van der Waals surface area contributed by atoms with E-state index in [1.165, 1.54) is 0 Å². The summed E-state index contributed by atoms with van der Waals surface area (Å²) in [7, 11) is 0. The van der Waals surface area contributed by atoms with E-state index >= 15 is 0 Å². The van der Waals surface area contributed by atoms with Crippen LogP contribution >= 0.6 is 0 Å². The molecule has 2 saturated heterocycles. The minimum absolute atomic E-state index is 0.196. The lowest BCUT2D eigenvalue weighted by Crippen LogP contribution is -2.63. The molecule has 0 aliphatic carbocycles. The van der Waals surface area contributed by atoms with Gasteiger partial charge in [0.1, 0.15) is 0 Å². The number of anilines is 1. The summed E-state index contributed by atoms with van der Waals surface area (Å²) in [5.41, 5.74) is 1.66. The molecular formula is C14H16N4O. The molecule has 5 heteroatoms. The van der Waals surface area contributed by atoms with Gasteiger partial charge in [0.15, 0.2) is 0 Å². The highest BCUT2D eigenvalue weighted by Gasteiger charge is 2.33. The molecule has 3 rings (SSSR count). The number of hydrogen-bond donors (Lipinski definition) is 1. The molecule has 1 aromatic rings. The van der Waals surface area contributed by atoms with Gasteiger partial charge < -0.3 is 15.1 Å². The van der Waals surface area contributed by atoms with Crippen molar-refractivity contribution in [2.24, 2.45) is 0 Å². The van der Waals surface area contributed by atoms with Crippen LogP contribution in [-0.2, 0) is 4.79 Å². The highest BCUT2D eigenvalue weighted by atomic mass is 16.2. The first kappa shape index (κ1) is 12.0. The van der Waals surface area contributed by atoms with Gasteiger partial charge in [-0.1, -0.05) is 0 Å². The molecule has 98 valence electrons. The zero-order valence-electron chi connectivity index (χ0n) is 10.7. The van der Waals surface area contributed by atoms with E-state index in [1.54, 1.807) is 12.1 Å². The molecule has 2 aliphatic rings. The second kappa shape index (κ2) is 4.90. The van der Waals surface area contributed by atoms with Gasteiger partial charge in [-0.2, -0.15) is 5.26 Å². The van der Waals surface area contributed by atoms with Crippen molar-refractivity contribution >= 4 is 11.6 Å². The maximum absolute atomic E-state index is 12.1. The average Bonchev–Trinajstić information content (AvgIpc) is 2.47. The lowest BCUT2D eigenvalue weighted by atomic mass is 10.1. The molecule has 0 saturated carbocycles. The van der Waals surface area contributed by atoms with Gasteiger partial charge in [0.25, 0.3) is 0 Å². The van der Waals surface area contributed by atoms with Crippen LogP contribution in [0.15, 0.2) is 24.3 Å². The number of nitriles is 1. The fourth-order valence-electron chi connectivity index (χ4n) is 2.77. The largest absolute Gasteiger partial charge is 0.360 e. The van der Waals surface area contributed by atoms with Crippen molar-refractivity contribution < 1.29 is 4.79 Å². The van der Waals surface area contributed by atoms with E-state index in [2.05, 4.69) is 16.3 Å². The Kier molecular flexibility index (Phi) is 3.10. The zero-order chi connectivity index (χ0) is 13.2. The molecule has 0 aromatic heterocycles. The van der Waals surface area contributed by atoms with Crippen molar-refractivity contribution in [1.29, 1.82) is 5.26 Å². The normalized spacial score (nSPS) is 22.9. The molecule has 19 heavy (non-hydrogen) atoms. The number of nitrogens with one attached hydrogen (secondary N) is 1. The fourth-order valence-corrected chi connectivity index (χ4v) is 2.77. The van der Waals surface area contributed by atoms with E-state index < -0.39 is 0 Å². The minimum atomic E-state index is 0.196. The molecule has 1 aromatic carbocycles. The van der Waals surface area contributed by atoms with E-state index in [4.69, 9.17) is 5.26 Å². The summed E-state index contributed by atoms with van der Waals surface area (Å²) in [4.78, 5) is 16.2. The van der Waals surface area contributed by atoms with Crippen molar-refractivity contribution in [3.05, 3.63) is 29.8 Å². The number of rotatable bonds is 1. The maximum Gasteiger partial charge on any atom is 0.242 e. The lowest BCUT2D eigenvalue weighted by molar-refractivity contribution is -0.134. The first-order chi connectivity index (χ1) is 9.28. The first-order valence-corrected chi connectivity index (χ1v) is 6.53. The molecule has 1 atom stereocenters. The van der Waals surface area contributed by atoms with E-state index in [0.717, 1.165) is 31.9 Å². The van der Waals surface area contributed by atoms with Gasteiger partial charge >= 0.3 is 0 Å². The van der Waals surface area contributed by atoms with Crippen molar-refractivity contribution in [2.45, 2.75) is 6.04 Å². The molecule has 2 aliphatic heterocycles. The van der Waals surface area contributed by atoms with Gasteiger partial charge in [0.05, 0.1) is 24.2 Å². The monoisotopic (exact) mass is 256 g/mol. The molecule has 1 N–H and O–H groups in total. The van der Waals surface area contributed by atoms with Crippen LogP contribution in [-0.4, -0.2) is 49.6 Å². The van der Waals surface area contributed by atoms with Crippen LogP contribution in [0.3, 0.4) is 0 Å². The third kappa shape index (κ3) is 2.27. The van der Waals surface area contributed by atoms with E-state index in [-0.39, 0.29) is 11.9 Å². The number of carbonyl (C=O) groups is 1. The SMILES string of the molecule is N#Cc1ccc(N2CC(=O)N3CCNCC3C2)cc1. The molecular weight excluding hydrogens is 240 g/mol. The van der Waals surface area contributed by atoms with Gasteiger partial charge in [0, 0.05) is 31.9 Å². The van der Waals surface area contributed by atoms with Crippen LogP contribution in [0.1, 0.15) is 5.56 Å². The van der Waals surface area contributed by atoms with Gasteiger partial charge in [-0.15, -0.1) is 0 Å². The van der Waals surface area contributed by atoms with Crippen molar-refractivity contribution in [3.8, 4) is 6.07 Å². The number of hydrogen-bond acceptors (Lipinski definition) is 4. The number of fused-ring (bicyclic) bond motifs is 1. The molecule has 1 amide bonds. The molecule has 0 spiro atoms. The Hall–Kier alpha value is -2.06.